The number of rotatable bonds is 7. The normalized spacial score (nSPS) is 20.3. The van der Waals surface area contributed by atoms with Gasteiger partial charge in [-0.2, -0.15) is 5.10 Å². The smallest absolute Gasteiger partial charge is 0.308 e. The first kappa shape index (κ1) is 24.3. The quantitative estimate of drug-likeness (QED) is 0.545. The standard InChI is InChI=1S/C25H30F3N3O3/c1-2-34-25(33)18-7-3-16(4-8-18)13-22(32)30-12-11-20-21(15-30)31(29-23(20)24(27)28)14-17-5-9-19(26)10-6-17/h5-6,9-10,16,18,24H,2-4,7-8,11-15H2,1H3/t16-,18-. The Labute approximate surface area is 197 Å². The Hall–Kier alpha value is -2.84. The van der Waals surface area contributed by atoms with Crippen LogP contribution < -0.4 is 0 Å². The third-order valence-corrected chi connectivity index (χ3v) is 6.90. The molecule has 0 saturated heterocycles. The molecule has 1 aromatic carbocycles. The van der Waals surface area contributed by atoms with Gasteiger partial charge in [-0.25, -0.2) is 13.2 Å². The van der Waals surface area contributed by atoms with Gasteiger partial charge >= 0.3 is 5.97 Å². The van der Waals surface area contributed by atoms with E-state index >= 15 is 0 Å². The number of nitrogens with zero attached hydrogens (tertiary/aromatic N) is 3. The second kappa shape index (κ2) is 10.6. The summed E-state index contributed by atoms with van der Waals surface area (Å²) in [5.74, 6) is -0.399. The second-order valence-corrected chi connectivity index (χ2v) is 9.13. The first-order valence-corrected chi connectivity index (χ1v) is 11.9. The summed E-state index contributed by atoms with van der Waals surface area (Å²) in [6.07, 6.45) is 1.07. The van der Waals surface area contributed by atoms with Gasteiger partial charge in [0.05, 0.1) is 31.3 Å². The van der Waals surface area contributed by atoms with Gasteiger partial charge in [-0.1, -0.05) is 12.1 Å². The number of carbonyl (C=O) groups is 2. The zero-order chi connectivity index (χ0) is 24.2. The first-order valence-electron chi connectivity index (χ1n) is 11.9. The van der Waals surface area contributed by atoms with Crippen LogP contribution in [0.3, 0.4) is 0 Å². The van der Waals surface area contributed by atoms with Crippen molar-refractivity contribution in [1.29, 1.82) is 0 Å². The van der Waals surface area contributed by atoms with Crippen molar-refractivity contribution in [2.75, 3.05) is 13.2 Å². The lowest BCUT2D eigenvalue weighted by Gasteiger charge is -2.31. The molecule has 0 unspecified atom stereocenters. The van der Waals surface area contributed by atoms with Gasteiger partial charge in [-0.15, -0.1) is 0 Å². The molecule has 6 nitrogen and oxygen atoms in total. The minimum Gasteiger partial charge on any atom is -0.466 e. The van der Waals surface area contributed by atoms with E-state index in [0.717, 1.165) is 31.2 Å². The van der Waals surface area contributed by atoms with Gasteiger partial charge < -0.3 is 9.64 Å². The van der Waals surface area contributed by atoms with Crippen molar-refractivity contribution in [1.82, 2.24) is 14.7 Å². The highest BCUT2D eigenvalue weighted by Gasteiger charge is 2.33. The van der Waals surface area contributed by atoms with Gasteiger partial charge in [-0.05, 0) is 62.6 Å². The van der Waals surface area contributed by atoms with E-state index in [4.69, 9.17) is 4.74 Å². The Morgan fingerprint density at radius 1 is 1.15 bits per heavy atom. The molecule has 2 aliphatic rings. The Balaban J connectivity index is 1.41. The Morgan fingerprint density at radius 2 is 1.85 bits per heavy atom. The topological polar surface area (TPSA) is 64.4 Å². The van der Waals surface area contributed by atoms with Crippen molar-refractivity contribution in [3.05, 3.63) is 52.6 Å². The number of aromatic nitrogens is 2. The van der Waals surface area contributed by atoms with Crippen molar-refractivity contribution in [2.24, 2.45) is 11.8 Å². The summed E-state index contributed by atoms with van der Waals surface area (Å²) in [6.45, 7) is 3.01. The maximum absolute atomic E-state index is 13.6. The van der Waals surface area contributed by atoms with Gasteiger partial charge in [0.1, 0.15) is 11.5 Å². The summed E-state index contributed by atoms with van der Waals surface area (Å²) in [5, 5.41) is 4.15. The first-order chi connectivity index (χ1) is 16.4. The average Bonchev–Trinajstić information content (AvgIpc) is 3.19. The fourth-order valence-electron chi connectivity index (χ4n) is 5.03. The molecule has 184 valence electrons. The monoisotopic (exact) mass is 477 g/mol. The number of ether oxygens (including phenoxy) is 1. The Morgan fingerprint density at radius 3 is 2.50 bits per heavy atom. The SMILES string of the molecule is CCOC(=O)[C@H]1CC[C@H](CC(=O)N2CCc3c(C(F)F)nn(Cc4ccc(F)cc4)c3C2)CC1. The van der Waals surface area contributed by atoms with Gasteiger partial charge in [0.2, 0.25) is 5.91 Å². The maximum atomic E-state index is 13.6. The van der Waals surface area contributed by atoms with Crippen molar-refractivity contribution in [2.45, 2.75) is 65.0 Å². The zero-order valence-electron chi connectivity index (χ0n) is 19.3. The molecule has 1 aliphatic heterocycles. The van der Waals surface area contributed by atoms with E-state index in [-0.39, 0.29) is 48.3 Å². The lowest BCUT2D eigenvalue weighted by molar-refractivity contribution is -0.149. The third-order valence-electron chi connectivity index (χ3n) is 6.90. The van der Waals surface area contributed by atoms with E-state index in [1.807, 2.05) is 0 Å². The number of benzene rings is 1. The molecule has 2 heterocycles. The highest BCUT2D eigenvalue weighted by molar-refractivity contribution is 5.77. The molecule has 1 fully saturated rings. The molecule has 4 rings (SSSR count). The highest BCUT2D eigenvalue weighted by atomic mass is 19.3. The number of halogens is 3. The summed E-state index contributed by atoms with van der Waals surface area (Å²) in [5.41, 5.74) is 1.64. The zero-order valence-corrected chi connectivity index (χ0v) is 19.3. The number of hydrogen-bond acceptors (Lipinski definition) is 4. The van der Waals surface area contributed by atoms with E-state index in [0.29, 0.717) is 37.3 Å². The van der Waals surface area contributed by atoms with Crippen LogP contribution in [0.25, 0.3) is 0 Å². The third kappa shape index (κ3) is 5.45. The number of alkyl halides is 2. The predicted molar refractivity (Wildman–Crippen MR) is 119 cm³/mol. The fourth-order valence-corrected chi connectivity index (χ4v) is 5.03. The summed E-state index contributed by atoms with van der Waals surface area (Å²) >= 11 is 0. The van der Waals surface area contributed by atoms with Crippen molar-refractivity contribution < 1.29 is 27.5 Å². The van der Waals surface area contributed by atoms with Gasteiger partial charge in [0, 0.05) is 18.5 Å². The van der Waals surface area contributed by atoms with Crippen LogP contribution in [0.1, 0.15) is 68.0 Å². The molecule has 1 aliphatic carbocycles. The van der Waals surface area contributed by atoms with Crippen LogP contribution in [-0.2, 0) is 33.8 Å². The molecule has 0 atom stereocenters. The van der Waals surface area contributed by atoms with Crippen LogP contribution in [-0.4, -0.2) is 39.7 Å². The number of esters is 1. The van der Waals surface area contributed by atoms with Gasteiger partial charge in [0.25, 0.3) is 6.43 Å². The van der Waals surface area contributed by atoms with Crippen molar-refractivity contribution in [3.8, 4) is 0 Å². The molecular weight excluding hydrogens is 447 g/mol. The van der Waals surface area contributed by atoms with E-state index < -0.39 is 6.43 Å². The lowest BCUT2D eigenvalue weighted by Crippen LogP contribution is -2.38. The largest absolute Gasteiger partial charge is 0.466 e. The molecule has 9 heteroatoms. The predicted octanol–water partition coefficient (Wildman–Crippen LogP) is 4.65. The number of carbonyl (C=O) groups excluding carboxylic acids is 2. The van der Waals surface area contributed by atoms with E-state index in [9.17, 15) is 22.8 Å². The Kier molecular flexibility index (Phi) is 7.58. The van der Waals surface area contributed by atoms with Crippen LogP contribution in [0, 0.1) is 17.7 Å². The average molecular weight is 478 g/mol. The molecule has 0 spiro atoms. The molecule has 1 saturated carbocycles. The molecular formula is C25H30F3N3O3. The van der Waals surface area contributed by atoms with Crippen molar-refractivity contribution in [3.63, 3.8) is 0 Å². The minimum absolute atomic E-state index is 0.00151. The van der Waals surface area contributed by atoms with Crippen LogP contribution >= 0.6 is 0 Å². The molecule has 34 heavy (non-hydrogen) atoms. The number of amides is 1. The molecule has 2 aromatic rings. The second-order valence-electron chi connectivity index (χ2n) is 9.13. The van der Waals surface area contributed by atoms with Gasteiger partial charge in [-0.3, -0.25) is 14.3 Å². The summed E-state index contributed by atoms with van der Waals surface area (Å²) in [6, 6.07) is 5.85. The van der Waals surface area contributed by atoms with Crippen LogP contribution in [0.5, 0.6) is 0 Å². The molecule has 0 bridgehead atoms. The molecule has 1 amide bonds. The minimum atomic E-state index is -2.69. The van der Waals surface area contributed by atoms with Crippen LogP contribution in [0.4, 0.5) is 13.2 Å². The number of fused-ring (bicyclic) bond motifs is 1. The fraction of sp³-hybridized carbons (Fsp3) is 0.560. The van der Waals surface area contributed by atoms with E-state index in [2.05, 4.69) is 5.10 Å². The Bertz CT molecular complexity index is 1010. The van der Waals surface area contributed by atoms with E-state index in [1.54, 1.807) is 24.0 Å². The summed E-state index contributed by atoms with van der Waals surface area (Å²) < 4.78 is 47.1. The van der Waals surface area contributed by atoms with Crippen molar-refractivity contribution >= 4 is 11.9 Å². The maximum Gasteiger partial charge on any atom is 0.308 e. The van der Waals surface area contributed by atoms with Crippen LogP contribution in [0.15, 0.2) is 24.3 Å². The van der Waals surface area contributed by atoms with Gasteiger partial charge in [0.15, 0.2) is 0 Å². The molecule has 0 radical (unpaired) electrons. The summed E-state index contributed by atoms with van der Waals surface area (Å²) in [4.78, 5) is 26.7. The summed E-state index contributed by atoms with van der Waals surface area (Å²) in [7, 11) is 0. The highest BCUT2D eigenvalue weighted by Crippen LogP contribution is 2.34. The molecule has 0 N–H and O–H groups in total. The molecule has 1 aromatic heterocycles. The van der Waals surface area contributed by atoms with E-state index in [1.165, 1.54) is 16.8 Å². The van der Waals surface area contributed by atoms with Crippen LogP contribution in [0.2, 0.25) is 0 Å². The number of hydrogen-bond donors (Lipinski definition) is 0. The lowest BCUT2D eigenvalue weighted by atomic mass is 9.80.